The molecule has 7 nitrogen and oxygen atoms in total. The van der Waals surface area contributed by atoms with Gasteiger partial charge < -0.3 is 19.5 Å². The van der Waals surface area contributed by atoms with E-state index in [-0.39, 0.29) is 17.5 Å². The monoisotopic (exact) mass is 421 g/mol. The number of nitrogens with zero attached hydrogens (tertiary/aromatic N) is 2. The summed E-state index contributed by atoms with van der Waals surface area (Å²) < 4.78 is 16.1. The van der Waals surface area contributed by atoms with Gasteiger partial charge in [0.2, 0.25) is 0 Å². The first kappa shape index (κ1) is 22.1. The summed E-state index contributed by atoms with van der Waals surface area (Å²) in [7, 11) is 3.22. The number of hydrogen-bond donors (Lipinski definition) is 1. The molecule has 3 rings (SSSR count). The van der Waals surface area contributed by atoms with Gasteiger partial charge in [0, 0.05) is 18.2 Å². The predicted molar refractivity (Wildman–Crippen MR) is 119 cm³/mol. The molecule has 0 saturated heterocycles. The second-order valence-electron chi connectivity index (χ2n) is 7.00. The normalized spacial score (nSPS) is 11.5. The SMILES string of the molecule is CCOc1ccc(-c2cncc(C(=O)NC[C@@H](C)c3cc(OC)cc(OC)c3)n2)cc1. The van der Waals surface area contributed by atoms with Gasteiger partial charge in [0.25, 0.3) is 5.91 Å². The summed E-state index contributed by atoms with van der Waals surface area (Å²) >= 11 is 0. The molecule has 3 aromatic rings. The highest BCUT2D eigenvalue weighted by molar-refractivity contribution is 5.92. The van der Waals surface area contributed by atoms with Crippen molar-refractivity contribution in [2.24, 2.45) is 0 Å². The summed E-state index contributed by atoms with van der Waals surface area (Å²) in [6.07, 6.45) is 3.10. The standard InChI is InChI=1S/C24H27N3O4/c1-5-31-19-8-6-17(7-9-19)22-14-25-15-23(27-22)24(28)26-13-16(2)18-10-20(29-3)12-21(11-18)30-4/h6-12,14-16H,5,13H2,1-4H3,(H,26,28)/t16-/m1/s1. The summed E-state index contributed by atoms with van der Waals surface area (Å²) in [6.45, 7) is 5.00. The Kier molecular flexibility index (Phi) is 7.43. The van der Waals surface area contributed by atoms with E-state index in [2.05, 4.69) is 15.3 Å². The van der Waals surface area contributed by atoms with Crippen molar-refractivity contribution >= 4 is 5.91 Å². The van der Waals surface area contributed by atoms with Crippen LogP contribution in [0.15, 0.2) is 54.9 Å². The fourth-order valence-corrected chi connectivity index (χ4v) is 3.07. The molecule has 1 N–H and O–H groups in total. The van der Waals surface area contributed by atoms with E-state index in [0.717, 1.165) is 16.9 Å². The van der Waals surface area contributed by atoms with Crippen LogP contribution >= 0.6 is 0 Å². The number of benzene rings is 2. The Morgan fingerprint density at radius 3 is 2.29 bits per heavy atom. The first-order valence-electron chi connectivity index (χ1n) is 10.1. The lowest BCUT2D eigenvalue weighted by Gasteiger charge is -2.15. The minimum absolute atomic E-state index is 0.0511. The number of amides is 1. The fourth-order valence-electron chi connectivity index (χ4n) is 3.07. The third kappa shape index (κ3) is 5.72. The Balaban J connectivity index is 1.68. The average Bonchev–Trinajstić information content (AvgIpc) is 2.82. The van der Waals surface area contributed by atoms with Crippen LogP contribution in [0, 0.1) is 0 Å². The fraction of sp³-hybridized carbons (Fsp3) is 0.292. The van der Waals surface area contributed by atoms with E-state index in [1.807, 2.05) is 56.3 Å². The zero-order valence-electron chi connectivity index (χ0n) is 18.2. The summed E-state index contributed by atoms with van der Waals surface area (Å²) in [4.78, 5) is 21.3. The van der Waals surface area contributed by atoms with E-state index in [9.17, 15) is 4.79 Å². The van der Waals surface area contributed by atoms with E-state index in [1.165, 1.54) is 6.20 Å². The highest BCUT2D eigenvalue weighted by Crippen LogP contribution is 2.27. The molecular weight excluding hydrogens is 394 g/mol. The van der Waals surface area contributed by atoms with Gasteiger partial charge in [-0.3, -0.25) is 9.78 Å². The van der Waals surface area contributed by atoms with Gasteiger partial charge in [0.15, 0.2) is 0 Å². The quantitative estimate of drug-likeness (QED) is 0.560. The molecule has 1 heterocycles. The zero-order chi connectivity index (χ0) is 22.2. The Morgan fingerprint density at radius 1 is 1.00 bits per heavy atom. The molecule has 0 aliphatic heterocycles. The lowest BCUT2D eigenvalue weighted by atomic mass is 10.0. The summed E-state index contributed by atoms with van der Waals surface area (Å²) in [5.74, 6) is 1.98. The molecule has 2 aromatic carbocycles. The van der Waals surface area contributed by atoms with Crippen molar-refractivity contribution in [1.82, 2.24) is 15.3 Å². The average molecular weight is 421 g/mol. The van der Waals surface area contributed by atoms with Crippen molar-refractivity contribution in [2.75, 3.05) is 27.4 Å². The number of rotatable bonds is 9. The van der Waals surface area contributed by atoms with E-state index < -0.39 is 0 Å². The summed E-state index contributed by atoms with van der Waals surface area (Å²) in [6, 6.07) is 13.2. The maximum Gasteiger partial charge on any atom is 0.271 e. The summed E-state index contributed by atoms with van der Waals surface area (Å²) in [5.41, 5.74) is 2.76. The van der Waals surface area contributed by atoms with Gasteiger partial charge >= 0.3 is 0 Å². The molecular formula is C24H27N3O4. The van der Waals surface area contributed by atoms with Crippen LogP contribution in [0.1, 0.15) is 35.8 Å². The lowest BCUT2D eigenvalue weighted by molar-refractivity contribution is 0.0946. The molecule has 0 radical (unpaired) electrons. The van der Waals surface area contributed by atoms with Gasteiger partial charge in [0.1, 0.15) is 22.9 Å². The van der Waals surface area contributed by atoms with E-state index in [1.54, 1.807) is 20.4 Å². The molecule has 1 amide bonds. The predicted octanol–water partition coefficient (Wildman–Crippen LogP) is 4.09. The molecule has 1 aromatic heterocycles. The first-order chi connectivity index (χ1) is 15.0. The number of carbonyl (C=O) groups excluding carboxylic acids is 1. The maximum absolute atomic E-state index is 12.7. The van der Waals surface area contributed by atoms with E-state index in [0.29, 0.717) is 30.3 Å². The Labute approximate surface area is 182 Å². The Hall–Kier alpha value is -3.61. The van der Waals surface area contributed by atoms with Crippen LogP contribution in [-0.2, 0) is 0 Å². The van der Waals surface area contributed by atoms with Crippen LogP contribution in [0.3, 0.4) is 0 Å². The van der Waals surface area contributed by atoms with Gasteiger partial charge in [-0.1, -0.05) is 6.92 Å². The van der Waals surface area contributed by atoms with Crippen molar-refractivity contribution < 1.29 is 19.0 Å². The van der Waals surface area contributed by atoms with Gasteiger partial charge in [-0.15, -0.1) is 0 Å². The van der Waals surface area contributed by atoms with Gasteiger partial charge in [-0.2, -0.15) is 0 Å². The van der Waals surface area contributed by atoms with Crippen LogP contribution in [0.2, 0.25) is 0 Å². The van der Waals surface area contributed by atoms with Gasteiger partial charge in [-0.05, 0) is 54.8 Å². The number of carbonyl (C=O) groups is 1. The molecule has 0 spiro atoms. The van der Waals surface area contributed by atoms with Crippen LogP contribution in [0.4, 0.5) is 0 Å². The lowest BCUT2D eigenvalue weighted by Crippen LogP contribution is -2.28. The molecule has 0 fully saturated rings. The molecule has 0 aliphatic carbocycles. The van der Waals surface area contributed by atoms with Crippen LogP contribution in [-0.4, -0.2) is 43.2 Å². The van der Waals surface area contributed by atoms with E-state index in [4.69, 9.17) is 14.2 Å². The molecule has 0 bridgehead atoms. The minimum atomic E-state index is -0.276. The molecule has 7 heteroatoms. The van der Waals surface area contributed by atoms with E-state index >= 15 is 0 Å². The number of ether oxygens (including phenoxy) is 3. The largest absolute Gasteiger partial charge is 0.497 e. The molecule has 0 aliphatic rings. The minimum Gasteiger partial charge on any atom is -0.497 e. The zero-order valence-corrected chi connectivity index (χ0v) is 18.2. The maximum atomic E-state index is 12.7. The third-order valence-electron chi connectivity index (χ3n) is 4.84. The topological polar surface area (TPSA) is 82.6 Å². The highest BCUT2D eigenvalue weighted by atomic mass is 16.5. The Morgan fingerprint density at radius 2 is 1.68 bits per heavy atom. The third-order valence-corrected chi connectivity index (χ3v) is 4.84. The smallest absolute Gasteiger partial charge is 0.271 e. The molecule has 0 unspecified atom stereocenters. The highest BCUT2D eigenvalue weighted by Gasteiger charge is 2.14. The van der Waals surface area contributed by atoms with Crippen molar-refractivity contribution in [2.45, 2.75) is 19.8 Å². The van der Waals surface area contributed by atoms with Gasteiger partial charge in [-0.25, -0.2) is 4.98 Å². The Bertz CT molecular complexity index is 999. The summed E-state index contributed by atoms with van der Waals surface area (Å²) in [5, 5.41) is 2.93. The molecule has 1 atom stereocenters. The molecule has 31 heavy (non-hydrogen) atoms. The molecule has 0 saturated carbocycles. The number of methoxy groups -OCH3 is 2. The van der Waals surface area contributed by atoms with Crippen molar-refractivity contribution in [3.63, 3.8) is 0 Å². The van der Waals surface area contributed by atoms with Crippen molar-refractivity contribution in [3.05, 3.63) is 66.1 Å². The van der Waals surface area contributed by atoms with Crippen LogP contribution in [0.25, 0.3) is 11.3 Å². The van der Waals surface area contributed by atoms with Crippen LogP contribution in [0.5, 0.6) is 17.2 Å². The van der Waals surface area contributed by atoms with Crippen LogP contribution < -0.4 is 19.5 Å². The first-order valence-corrected chi connectivity index (χ1v) is 10.1. The number of aromatic nitrogens is 2. The van der Waals surface area contributed by atoms with Crippen molar-refractivity contribution in [3.8, 4) is 28.5 Å². The number of hydrogen-bond acceptors (Lipinski definition) is 6. The van der Waals surface area contributed by atoms with Gasteiger partial charge in [0.05, 0.1) is 38.9 Å². The second kappa shape index (κ2) is 10.4. The molecule has 162 valence electrons. The number of nitrogens with one attached hydrogen (secondary N) is 1. The van der Waals surface area contributed by atoms with Crippen molar-refractivity contribution in [1.29, 1.82) is 0 Å². The second-order valence-corrected chi connectivity index (χ2v) is 7.00.